The van der Waals surface area contributed by atoms with Gasteiger partial charge in [0.05, 0.1) is 0 Å². The second-order valence-electron chi connectivity index (χ2n) is 4.64. The Morgan fingerprint density at radius 2 is 2.00 bits per heavy atom. The predicted octanol–water partition coefficient (Wildman–Crippen LogP) is 3.98. The Morgan fingerprint density at radius 3 is 2.56 bits per heavy atom. The molecule has 0 aliphatic heterocycles. The molecule has 1 nitrogen and oxygen atoms in total. The van der Waals surface area contributed by atoms with Crippen molar-refractivity contribution in [1.82, 2.24) is 0 Å². The van der Waals surface area contributed by atoms with Crippen molar-refractivity contribution in [2.45, 2.75) is 38.1 Å². The molecule has 0 bridgehead atoms. The van der Waals surface area contributed by atoms with Gasteiger partial charge in [0, 0.05) is 21.7 Å². The highest BCUT2D eigenvalue weighted by Crippen LogP contribution is 2.28. The average Bonchev–Trinajstić information content (AvgIpc) is 2.17. The number of rotatable bonds is 5. The Bertz CT molecular complexity index is 337. The zero-order valence-corrected chi connectivity index (χ0v) is 11.7. The van der Waals surface area contributed by atoms with Crippen LogP contribution in [0.1, 0.15) is 26.3 Å². The van der Waals surface area contributed by atoms with Gasteiger partial charge in [0.25, 0.3) is 0 Å². The van der Waals surface area contributed by atoms with Gasteiger partial charge in [-0.25, -0.2) is 0 Å². The normalized spacial score (nSPS) is 13.1. The molecule has 0 saturated carbocycles. The maximum atomic E-state index is 6.02. The molecule has 2 N–H and O–H groups in total. The third-order valence-corrected chi connectivity index (χ3v) is 3.90. The van der Waals surface area contributed by atoms with Gasteiger partial charge in [-0.3, -0.25) is 0 Å². The number of hydrogen-bond donors (Lipinski definition) is 1. The summed E-state index contributed by atoms with van der Waals surface area (Å²) in [5, 5.41) is 0.805. The molecule has 0 aliphatic rings. The van der Waals surface area contributed by atoms with Crippen LogP contribution in [-0.2, 0) is 6.42 Å². The van der Waals surface area contributed by atoms with Crippen molar-refractivity contribution in [3.8, 4) is 0 Å². The van der Waals surface area contributed by atoms with E-state index >= 15 is 0 Å². The van der Waals surface area contributed by atoms with Gasteiger partial charge < -0.3 is 5.73 Å². The Kier molecular flexibility index (Phi) is 5.67. The van der Waals surface area contributed by atoms with Gasteiger partial charge in [-0.15, -0.1) is 11.8 Å². The molecule has 3 heteroatoms. The van der Waals surface area contributed by atoms with Gasteiger partial charge in [-0.1, -0.05) is 31.5 Å². The first-order valence-electron chi connectivity index (χ1n) is 5.66. The molecule has 0 aromatic heterocycles. The molecule has 90 valence electrons. The lowest BCUT2D eigenvalue weighted by Crippen LogP contribution is -2.18. The lowest BCUT2D eigenvalue weighted by molar-refractivity contribution is 0.727. The lowest BCUT2D eigenvalue weighted by Gasteiger charge is -2.12. The largest absolute Gasteiger partial charge is 0.328 e. The molecule has 1 rings (SSSR count). The van der Waals surface area contributed by atoms with E-state index in [2.05, 4.69) is 19.9 Å². The maximum Gasteiger partial charge on any atom is 0.0417 e. The van der Waals surface area contributed by atoms with Crippen molar-refractivity contribution >= 4 is 23.4 Å². The summed E-state index contributed by atoms with van der Waals surface area (Å²) >= 11 is 7.90. The van der Waals surface area contributed by atoms with Crippen LogP contribution in [0.3, 0.4) is 0 Å². The van der Waals surface area contributed by atoms with Crippen LogP contribution in [0.4, 0.5) is 0 Å². The van der Waals surface area contributed by atoms with Crippen LogP contribution in [0, 0.1) is 5.92 Å². The van der Waals surface area contributed by atoms with E-state index in [0.29, 0.717) is 5.92 Å². The minimum absolute atomic E-state index is 0.194. The van der Waals surface area contributed by atoms with Crippen molar-refractivity contribution in [1.29, 1.82) is 0 Å². The van der Waals surface area contributed by atoms with Gasteiger partial charge in [0.15, 0.2) is 0 Å². The summed E-state index contributed by atoms with van der Waals surface area (Å²) in [5.74, 6) is 1.80. The molecule has 1 aromatic rings. The first-order chi connectivity index (χ1) is 7.49. The molecule has 0 spiro atoms. The van der Waals surface area contributed by atoms with Crippen molar-refractivity contribution in [3.63, 3.8) is 0 Å². The average molecular weight is 258 g/mol. The minimum atomic E-state index is 0.194. The van der Waals surface area contributed by atoms with E-state index in [-0.39, 0.29) is 6.04 Å². The molecular formula is C13H20ClNS. The summed E-state index contributed by atoms with van der Waals surface area (Å²) in [5.41, 5.74) is 7.16. The summed E-state index contributed by atoms with van der Waals surface area (Å²) in [4.78, 5) is 1.28. The van der Waals surface area contributed by atoms with Crippen molar-refractivity contribution < 1.29 is 0 Å². The van der Waals surface area contributed by atoms with Crippen molar-refractivity contribution in [2.24, 2.45) is 11.7 Å². The number of thioether (sulfide) groups is 1. The maximum absolute atomic E-state index is 6.02. The number of halogens is 1. The Balaban J connectivity index is 2.81. The highest BCUT2D eigenvalue weighted by molar-refractivity contribution is 7.99. The molecule has 1 unspecified atom stereocenters. The molecule has 1 atom stereocenters. The second kappa shape index (κ2) is 6.53. The molecule has 0 fully saturated rings. The van der Waals surface area contributed by atoms with Gasteiger partial charge in [-0.2, -0.15) is 0 Å². The highest BCUT2D eigenvalue weighted by Gasteiger charge is 2.07. The van der Waals surface area contributed by atoms with Crippen LogP contribution < -0.4 is 5.73 Å². The standard InChI is InChI=1S/C13H20ClNS/c1-9(2)8-16-13-7-12(14)5-4-11(13)6-10(3)15/h4-5,7,9-10H,6,8,15H2,1-3H3. The van der Waals surface area contributed by atoms with E-state index in [1.807, 2.05) is 30.8 Å². The van der Waals surface area contributed by atoms with Crippen LogP contribution in [0.5, 0.6) is 0 Å². The summed E-state index contributed by atoms with van der Waals surface area (Å²) in [6, 6.07) is 6.28. The van der Waals surface area contributed by atoms with Crippen molar-refractivity contribution in [2.75, 3.05) is 5.75 Å². The number of nitrogens with two attached hydrogens (primary N) is 1. The Hall–Kier alpha value is -0.180. The zero-order valence-electron chi connectivity index (χ0n) is 10.2. The zero-order chi connectivity index (χ0) is 12.1. The van der Waals surface area contributed by atoms with E-state index in [9.17, 15) is 0 Å². The van der Waals surface area contributed by atoms with E-state index < -0.39 is 0 Å². The summed E-state index contributed by atoms with van der Waals surface area (Å²) in [7, 11) is 0. The van der Waals surface area contributed by atoms with Gasteiger partial charge in [0.2, 0.25) is 0 Å². The smallest absolute Gasteiger partial charge is 0.0417 e. The molecule has 1 aromatic carbocycles. The number of benzene rings is 1. The molecule has 0 aliphatic carbocycles. The SMILES string of the molecule is CC(C)CSc1cc(Cl)ccc1CC(C)N. The van der Waals surface area contributed by atoms with Gasteiger partial charge in [-0.05, 0) is 37.0 Å². The molecule has 16 heavy (non-hydrogen) atoms. The highest BCUT2D eigenvalue weighted by atomic mass is 35.5. The lowest BCUT2D eigenvalue weighted by atomic mass is 10.1. The van der Waals surface area contributed by atoms with E-state index in [0.717, 1.165) is 17.2 Å². The molecule has 0 saturated heterocycles. The Morgan fingerprint density at radius 1 is 1.31 bits per heavy atom. The summed E-state index contributed by atoms with van der Waals surface area (Å²) < 4.78 is 0. The third-order valence-electron chi connectivity index (χ3n) is 2.14. The van der Waals surface area contributed by atoms with Crippen LogP contribution in [0.15, 0.2) is 23.1 Å². The number of hydrogen-bond acceptors (Lipinski definition) is 2. The van der Waals surface area contributed by atoms with E-state index in [1.54, 1.807) is 0 Å². The molecule has 0 radical (unpaired) electrons. The van der Waals surface area contributed by atoms with Crippen LogP contribution in [0.2, 0.25) is 5.02 Å². The fourth-order valence-electron chi connectivity index (χ4n) is 1.43. The third kappa shape index (κ3) is 4.77. The minimum Gasteiger partial charge on any atom is -0.328 e. The van der Waals surface area contributed by atoms with Gasteiger partial charge >= 0.3 is 0 Å². The first-order valence-corrected chi connectivity index (χ1v) is 7.02. The summed E-state index contributed by atoms with van der Waals surface area (Å²) in [6.45, 7) is 6.48. The fraction of sp³-hybridized carbons (Fsp3) is 0.538. The molecule has 0 amide bonds. The Labute approximate surface area is 108 Å². The van der Waals surface area contributed by atoms with Crippen LogP contribution in [-0.4, -0.2) is 11.8 Å². The molecule has 0 heterocycles. The summed E-state index contributed by atoms with van der Waals surface area (Å²) in [6.07, 6.45) is 0.914. The van der Waals surface area contributed by atoms with E-state index in [4.69, 9.17) is 17.3 Å². The molecular weight excluding hydrogens is 238 g/mol. The topological polar surface area (TPSA) is 26.0 Å². The predicted molar refractivity (Wildman–Crippen MR) is 74.4 cm³/mol. The van der Waals surface area contributed by atoms with Gasteiger partial charge in [0.1, 0.15) is 0 Å². The van der Waals surface area contributed by atoms with Crippen molar-refractivity contribution in [3.05, 3.63) is 28.8 Å². The second-order valence-corrected chi connectivity index (χ2v) is 6.14. The van der Waals surface area contributed by atoms with E-state index in [1.165, 1.54) is 10.5 Å². The van der Waals surface area contributed by atoms with Crippen LogP contribution >= 0.6 is 23.4 Å². The first kappa shape index (κ1) is 13.9. The fourth-order valence-corrected chi connectivity index (χ4v) is 2.73. The quantitative estimate of drug-likeness (QED) is 0.808. The monoisotopic (exact) mass is 257 g/mol. The van der Waals surface area contributed by atoms with Crippen LogP contribution in [0.25, 0.3) is 0 Å².